The second-order valence-electron chi connectivity index (χ2n) is 10.3. The highest BCUT2D eigenvalue weighted by molar-refractivity contribution is 6.03. The number of β-amino-alcohol motifs (C(OH)–C–C–N with tert-alkyl or cyclic N) is 1. The van der Waals surface area contributed by atoms with E-state index in [1.165, 1.54) is 10.1 Å². The predicted molar refractivity (Wildman–Crippen MR) is 170 cm³/mol. The minimum Gasteiger partial charge on any atom is -0.487 e. The molecule has 0 atom stereocenters. The van der Waals surface area contributed by atoms with Crippen molar-refractivity contribution in [1.29, 1.82) is 0 Å². The number of nitrogens with zero attached hydrogens (tertiary/aromatic N) is 3. The van der Waals surface area contributed by atoms with E-state index in [9.17, 15) is 9.59 Å². The van der Waals surface area contributed by atoms with E-state index in [2.05, 4.69) is 20.5 Å². The van der Waals surface area contributed by atoms with Gasteiger partial charge in [0.05, 0.1) is 18.7 Å². The molecule has 5 rings (SSSR count). The molecule has 4 aromatic rings. The summed E-state index contributed by atoms with van der Waals surface area (Å²) in [7, 11) is 3.16. The molecule has 0 aliphatic carbocycles. The number of likely N-dealkylation sites (tertiary alicyclic amines) is 1. The molecule has 0 bridgehead atoms. The molecule has 1 fully saturated rings. The number of hydrogen-bond donors (Lipinski definition) is 3. The van der Waals surface area contributed by atoms with Gasteiger partial charge in [-0.05, 0) is 67.7 Å². The Labute approximate surface area is 257 Å². The van der Waals surface area contributed by atoms with Crippen molar-refractivity contribution in [2.75, 3.05) is 58.9 Å². The summed E-state index contributed by atoms with van der Waals surface area (Å²) >= 11 is 0. The van der Waals surface area contributed by atoms with Crippen molar-refractivity contribution in [2.24, 2.45) is 0 Å². The topological polar surface area (TPSA) is 127 Å². The summed E-state index contributed by atoms with van der Waals surface area (Å²) in [5, 5.41) is 15.4. The third-order valence-electron chi connectivity index (χ3n) is 7.58. The lowest BCUT2D eigenvalue weighted by molar-refractivity contribution is 0.102. The molecule has 0 unspecified atom stereocenters. The Bertz CT molecular complexity index is 1550. The van der Waals surface area contributed by atoms with Gasteiger partial charge in [-0.3, -0.25) is 9.36 Å². The van der Waals surface area contributed by atoms with Gasteiger partial charge in [0.15, 0.2) is 11.5 Å². The van der Waals surface area contributed by atoms with Crippen molar-refractivity contribution in [3.05, 3.63) is 78.1 Å². The molecular formula is C33H41N5O6. The van der Waals surface area contributed by atoms with Gasteiger partial charge in [-0.15, -0.1) is 0 Å². The number of pyridine rings is 1. The van der Waals surface area contributed by atoms with E-state index in [1.54, 1.807) is 50.8 Å². The van der Waals surface area contributed by atoms with E-state index < -0.39 is 0 Å². The number of piperidine rings is 1. The maximum absolute atomic E-state index is 13.0. The first kappa shape index (κ1) is 32.5. The van der Waals surface area contributed by atoms with Crippen molar-refractivity contribution in [1.82, 2.24) is 19.8 Å². The molecule has 234 valence electrons. The SMILES string of the molecule is C.CNC(=O)n1ccc2cc(Oc3ccnc(NC(=O)c4ccc(C5CCN(CCO)CC5)cc4)c3)c(OCCOC)cc21. The van der Waals surface area contributed by atoms with Crippen LogP contribution < -0.4 is 20.1 Å². The number of ether oxygens (including phenoxy) is 3. The zero-order chi connectivity index (χ0) is 30.2. The zero-order valence-corrected chi connectivity index (χ0v) is 24.4. The highest BCUT2D eigenvalue weighted by Gasteiger charge is 2.21. The standard InChI is InChI=1S/C32H37N5O6.CH4/c1-33-32(40)37-14-10-25-19-29(28(21-27(25)37)42-18-17-41-2)43-26-7-11-34-30(20-26)35-31(39)24-5-3-22(4-6-24)23-8-12-36(13-9-23)15-16-38;/h3-7,10-11,14,19-21,23,38H,8-9,12-13,15-18H2,1-2H3,(H,33,40)(H,34,35,39);1H4. The number of carbonyl (C=O) groups excluding carboxylic acids is 2. The van der Waals surface area contributed by atoms with Crippen LogP contribution in [0.3, 0.4) is 0 Å². The third-order valence-corrected chi connectivity index (χ3v) is 7.58. The summed E-state index contributed by atoms with van der Waals surface area (Å²) in [6, 6.07) is 16.2. The maximum atomic E-state index is 13.0. The summed E-state index contributed by atoms with van der Waals surface area (Å²) < 4.78 is 18.7. The highest BCUT2D eigenvalue weighted by Crippen LogP contribution is 2.37. The second-order valence-corrected chi connectivity index (χ2v) is 10.3. The zero-order valence-electron chi connectivity index (χ0n) is 24.4. The molecule has 11 heteroatoms. The Kier molecular flexibility index (Phi) is 11.3. The molecule has 0 spiro atoms. The molecule has 1 aliphatic rings. The van der Waals surface area contributed by atoms with Gasteiger partial charge < -0.3 is 34.9 Å². The lowest BCUT2D eigenvalue weighted by Crippen LogP contribution is -2.34. The van der Waals surface area contributed by atoms with Crippen LogP contribution in [-0.4, -0.2) is 85.1 Å². The summed E-state index contributed by atoms with van der Waals surface area (Å²) in [6.45, 7) is 3.51. The van der Waals surface area contributed by atoms with Gasteiger partial charge >= 0.3 is 6.03 Å². The van der Waals surface area contributed by atoms with Crippen LogP contribution in [0.25, 0.3) is 10.9 Å². The van der Waals surface area contributed by atoms with Gasteiger partial charge in [0.1, 0.15) is 18.2 Å². The maximum Gasteiger partial charge on any atom is 0.325 e. The van der Waals surface area contributed by atoms with E-state index in [-0.39, 0.29) is 26.0 Å². The molecule has 3 N–H and O–H groups in total. The fraction of sp³-hybridized carbons (Fsp3) is 0.364. The van der Waals surface area contributed by atoms with Gasteiger partial charge in [0, 0.05) is 56.2 Å². The number of methoxy groups -OCH3 is 1. The minimum absolute atomic E-state index is 0. The van der Waals surface area contributed by atoms with E-state index in [0.717, 1.165) is 37.9 Å². The molecule has 2 amide bonds. The van der Waals surface area contributed by atoms with Crippen LogP contribution in [-0.2, 0) is 4.74 Å². The molecule has 11 nitrogen and oxygen atoms in total. The molecular weight excluding hydrogens is 562 g/mol. The van der Waals surface area contributed by atoms with Crippen molar-refractivity contribution >= 4 is 28.7 Å². The third kappa shape index (κ3) is 7.73. The number of carbonyl (C=O) groups is 2. The van der Waals surface area contributed by atoms with Crippen LogP contribution >= 0.6 is 0 Å². The molecule has 0 radical (unpaired) electrons. The van der Waals surface area contributed by atoms with Crippen molar-refractivity contribution in [3.8, 4) is 17.2 Å². The largest absolute Gasteiger partial charge is 0.487 e. The van der Waals surface area contributed by atoms with Gasteiger partial charge in [0.2, 0.25) is 0 Å². The molecule has 0 saturated carbocycles. The van der Waals surface area contributed by atoms with Crippen molar-refractivity contribution in [2.45, 2.75) is 26.2 Å². The summed E-state index contributed by atoms with van der Waals surface area (Å²) in [6.07, 6.45) is 5.31. The van der Waals surface area contributed by atoms with E-state index >= 15 is 0 Å². The number of aliphatic hydroxyl groups excluding tert-OH is 1. The Morgan fingerprint density at radius 2 is 1.80 bits per heavy atom. The van der Waals surface area contributed by atoms with Crippen molar-refractivity contribution < 1.29 is 28.9 Å². The predicted octanol–water partition coefficient (Wildman–Crippen LogP) is 5.10. The minimum atomic E-state index is -0.269. The van der Waals surface area contributed by atoms with Crippen LogP contribution in [0.5, 0.6) is 17.2 Å². The average molecular weight is 604 g/mol. The molecule has 2 aromatic carbocycles. The average Bonchev–Trinajstić information content (AvgIpc) is 3.44. The first-order valence-corrected chi connectivity index (χ1v) is 14.4. The number of benzene rings is 2. The number of rotatable bonds is 11. The number of aromatic nitrogens is 2. The fourth-order valence-electron chi connectivity index (χ4n) is 5.26. The van der Waals surface area contributed by atoms with Gasteiger partial charge in [0.25, 0.3) is 5.91 Å². The van der Waals surface area contributed by atoms with Crippen LogP contribution in [0, 0.1) is 0 Å². The smallest absolute Gasteiger partial charge is 0.325 e. The number of anilines is 1. The molecule has 2 aromatic heterocycles. The Morgan fingerprint density at radius 1 is 1.02 bits per heavy atom. The first-order valence-electron chi connectivity index (χ1n) is 14.4. The van der Waals surface area contributed by atoms with E-state index in [4.69, 9.17) is 19.3 Å². The monoisotopic (exact) mass is 603 g/mol. The Balaban J connectivity index is 0.00000442. The molecule has 1 aliphatic heterocycles. The number of hydrogen-bond acceptors (Lipinski definition) is 8. The van der Waals surface area contributed by atoms with Crippen LogP contribution in [0.15, 0.2) is 67.0 Å². The van der Waals surface area contributed by atoms with Crippen LogP contribution in [0.2, 0.25) is 0 Å². The quantitative estimate of drug-likeness (QED) is 0.202. The number of aliphatic hydroxyl groups is 1. The lowest BCUT2D eigenvalue weighted by Gasteiger charge is -2.31. The highest BCUT2D eigenvalue weighted by atomic mass is 16.5. The second kappa shape index (κ2) is 15.3. The summed E-state index contributed by atoms with van der Waals surface area (Å²) in [4.78, 5) is 31.9. The van der Waals surface area contributed by atoms with Gasteiger partial charge in [-0.25, -0.2) is 9.78 Å². The normalized spacial score (nSPS) is 13.7. The van der Waals surface area contributed by atoms with Crippen molar-refractivity contribution in [3.63, 3.8) is 0 Å². The molecule has 3 heterocycles. The van der Waals surface area contributed by atoms with Crippen LogP contribution in [0.1, 0.15) is 42.1 Å². The van der Waals surface area contributed by atoms with Gasteiger partial charge in [-0.1, -0.05) is 19.6 Å². The van der Waals surface area contributed by atoms with Gasteiger partial charge in [-0.2, -0.15) is 0 Å². The first-order chi connectivity index (χ1) is 21.0. The fourth-order valence-corrected chi connectivity index (χ4v) is 5.26. The number of nitrogens with one attached hydrogen (secondary N) is 2. The number of fused-ring (bicyclic) bond motifs is 1. The molecule has 44 heavy (non-hydrogen) atoms. The molecule has 1 saturated heterocycles. The lowest BCUT2D eigenvalue weighted by atomic mass is 9.89. The Hall–Kier alpha value is -4.45. The number of amides is 2. The van der Waals surface area contributed by atoms with E-state index in [1.807, 2.05) is 30.3 Å². The summed E-state index contributed by atoms with van der Waals surface area (Å²) in [5.41, 5.74) is 2.43. The summed E-state index contributed by atoms with van der Waals surface area (Å²) in [5.74, 6) is 1.86. The van der Waals surface area contributed by atoms with Crippen LogP contribution in [0.4, 0.5) is 10.6 Å². The Morgan fingerprint density at radius 3 is 2.50 bits per heavy atom. The van der Waals surface area contributed by atoms with E-state index in [0.29, 0.717) is 53.3 Å².